The number of hydrogen-bond acceptors (Lipinski definition) is 2. The van der Waals surface area contributed by atoms with Gasteiger partial charge in [0.05, 0.1) is 12.9 Å². The molecule has 0 aromatic carbocycles. The van der Waals surface area contributed by atoms with E-state index in [0.717, 1.165) is 13.0 Å². The number of rotatable bonds is 2. The summed E-state index contributed by atoms with van der Waals surface area (Å²) in [5, 5.41) is 3.19. The molecule has 2 heteroatoms. The van der Waals surface area contributed by atoms with Crippen LogP contribution in [0.4, 0.5) is 0 Å². The first kappa shape index (κ1) is 7.61. The van der Waals surface area contributed by atoms with Crippen LogP contribution in [0.15, 0.2) is 11.8 Å². The lowest BCUT2D eigenvalue weighted by Gasteiger charge is -2.18. The average Bonchev–Trinajstić information content (AvgIpc) is 2.05. The normalized spacial score (nSPS) is 21.2. The van der Waals surface area contributed by atoms with Gasteiger partial charge in [0.15, 0.2) is 0 Å². The summed E-state index contributed by atoms with van der Waals surface area (Å²) in [6.07, 6.45) is 4.24. The molecule has 2 nitrogen and oxygen atoms in total. The van der Waals surface area contributed by atoms with E-state index < -0.39 is 0 Å². The summed E-state index contributed by atoms with van der Waals surface area (Å²) in [7, 11) is 1.97. The summed E-state index contributed by atoms with van der Waals surface area (Å²) < 4.78 is 5.20. The maximum Gasteiger partial charge on any atom is 0.0876 e. The first-order chi connectivity index (χ1) is 4.84. The van der Waals surface area contributed by atoms with Gasteiger partial charge in [-0.1, -0.05) is 0 Å². The molecule has 1 aliphatic heterocycles. The van der Waals surface area contributed by atoms with E-state index in [1.54, 1.807) is 0 Å². The lowest BCUT2D eigenvalue weighted by molar-refractivity contribution is 0.220. The van der Waals surface area contributed by atoms with Crippen molar-refractivity contribution < 1.29 is 4.74 Å². The van der Waals surface area contributed by atoms with Gasteiger partial charge in [0, 0.05) is 6.04 Å². The summed E-state index contributed by atoms with van der Waals surface area (Å²) in [6, 6.07) is 0.472. The van der Waals surface area contributed by atoms with Gasteiger partial charge in [-0.25, -0.2) is 0 Å². The van der Waals surface area contributed by atoms with E-state index in [1.165, 1.54) is 12.0 Å². The van der Waals surface area contributed by atoms with Gasteiger partial charge in [0.2, 0.25) is 0 Å². The third-order valence-corrected chi connectivity index (χ3v) is 1.95. The molecular formula is C8H15NO. The smallest absolute Gasteiger partial charge is 0.0876 e. The molecule has 0 radical (unpaired) electrons. The molecule has 0 amide bonds. The molecule has 0 spiro atoms. The van der Waals surface area contributed by atoms with Crippen LogP contribution in [0.1, 0.15) is 19.8 Å². The van der Waals surface area contributed by atoms with Gasteiger partial charge in [-0.15, -0.1) is 0 Å². The van der Waals surface area contributed by atoms with Crippen LogP contribution in [0.5, 0.6) is 0 Å². The molecule has 1 atom stereocenters. The van der Waals surface area contributed by atoms with Crippen LogP contribution >= 0.6 is 0 Å². The second-order valence-electron chi connectivity index (χ2n) is 2.68. The van der Waals surface area contributed by atoms with Gasteiger partial charge < -0.3 is 10.1 Å². The van der Waals surface area contributed by atoms with Crippen molar-refractivity contribution in [3.05, 3.63) is 11.8 Å². The van der Waals surface area contributed by atoms with E-state index in [-0.39, 0.29) is 0 Å². The molecule has 1 heterocycles. The van der Waals surface area contributed by atoms with Crippen LogP contribution in [-0.2, 0) is 4.74 Å². The molecule has 0 fully saturated rings. The SMILES string of the molecule is CNC(C)C1=COCCC1. The second kappa shape index (κ2) is 3.62. The molecule has 1 unspecified atom stereocenters. The minimum absolute atomic E-state index is 0.472. The summed E-state index contributed by atoms with van der Waals surface area (Å²) in [4.78, 5) is 0. The van der Waals surface area contributed by atoms with Crippen molar-refractivity contribution >= 4 is 0 Å². The molecule has 58 valence electrons. The van der Waals surface area contributed by atoms with Crippen molar-refractivity contribution in [2.24, 2.45) is 0 Å². The Morgan fingerprint density at radius 3 is 3.00 bits per heavy atom. The fourth-order valence-corrected chi connectivity index (χ4v) is 1.09. The highest BCUT2D eigenvalue weighted by Gasteiger charge is 2.09. The third-order valence-electron chi connectivity index (χ3n) is 1.95. The van der Waals surface area contributed by atoms with Crippen molar-refractivity contribution in [3.63, 3.8) is 0 Å². The maximum absolute atomic E-state index is 5.20. The quantitative estimate of drug-likeness (QED) is 0.625. The highest BCUT2D eigenvalue weighted by atomic mass is 16.5. The molecule has 0 saturated heterocycles. The van der Waals surface area contributed by atoms with Crippen molar-refractivity contribution in [1.29, 1.82) is 0 Å². The molecule has 1 aliphatic rings. The summed E-state index contributed by atoms with van der Waals surface area (Å²) in [6.45, 7) is 3.04. The van der Waals surface area contributed by atoms with Crippen molar-refractivity contribution in [2.75, 3.05) is 13.7 Å². The van der Waals surface area contributed by atoms with Crippen LogP contribution in [0.3, 0.4) is 0 Å². The van der Waals surface area contributed by atoms with Crippen LogP contribution in [-0.4, -0.2) is 19.7 Å². The van der Waals surface area contributed by atoms with Crippen molar-refractivity contribution in [1.82, 2.24) is 5.32 Å². The molecule has 10 heavy (non-hydrogen) atoms. The van der Waals surface area contributed by atoms with Gasteiger partial charge >= 0.3 is 0 Å². The van der Waals surface area contributed by atoms with E-state index in [0.29, 0.717) is 6.04 Å². The lowest BCUT2D eigenvalue weighted by Crippen LogP contribution is -2.25. The van der Waals surface area contributed by atoms with Crippen LogP contribution in [0.2, 0.25) is 0 Å². The zero-order chi connectivity index (χ0) is 7.40. The minimum Gasteiger partial charge on any atom is -0.501 e. The Kier molecular flexibility index (Phi) is 2.75. The van der Waals surface area contributed by atoms with Gasteiger partial charge in [-0.05, 0) is 32.4 Å². The summed E-state index contributed by atoms with van der Waals surface area (Å²) >= 11 is 0. The predicted octanol–water partition coefficient (Wildman–Crippen LogP) is 1.29. The molecule has 0 bridgehead atoms. The first-order valence-corrected chi connectivity index (χ1v) is 3.82. The van der Waals surface area contributed by atoms with Crippen LogP contribution in [0.25, 0.3) is 0 Å². The Morgan fingerprint density at radius 2 is 2.50 bits per heavy atom. The molecule has 0 saturated carbocycles. The maximum atomic E-state index is 5.20. The highest BCUT2D eigenvalue weighted by Crippen LogP contribution is 2.14. The number of nitrogens with one attached hydrogen (secondary N) is 1. The Morgan fingerprint density at radius 1 is 1.70 bits per heavy atom. The molecule has 1 N–H and O–H groups in total. The first-order valence-electron chi connectivity index (χ1n) is 3.82. The van der Waals surface area contributed by atoms with E-state index in [4.69, 9.17) is 4.74 Å². The van der Waals surface area contributed by atoms with Gasteiger partial charge in [-0.3, -0.25) is 0 Å². The average molecular weight is 141 g/mol. The van der Waals surface area contributed by atoms with Gasteiger partial charge in [0.1, 0.15) is 0 Å². The van der Waals surface area contributed by atoms with E-state index in [9.17, 15) is 0 Å². The van der Waals surface area contributed by atoms with Crippen molar-refractivity contribution in [3.8, 4) is 0 Å². The largest absolute Gasteiger partial charge is 0.501 e. The fourth-order valence-electron chi connectivity index (χ4n) is 1.09. The van der Waals surface area contributed by atoms with Gasteiger partial charge in [-0.2, -0.15) is 0 Å². The summed E-state index contributed by atoms with van der Waals surface area (Å²) in [5.41, 5.74) is 1.38. The number of hydrogen-bond donors (Lipinski definition) is 1. The zero-order valence-corrected chi connectivity index (χ0v) is 6.68. The highest BCUT2D eigenvalue weighted by molar-refractivity contribution is 5.07. The Labute approximate surface area is 62.3 Å². The Balaban J connectivity index is 2.44. The van der Waals surface area contributed by atoms with Crippen molar-refractivity contribution in [2.45, 2.75) is 25.8 Å². The lowest BCUT2D eigenvalue weighted by atomic mass is 10.0. The van der Waals surface area contributed by atoms with Crippen LogP contribution < -0.4 is 5.32 Å². The molecule has 0 aromatic rings. The van der Waals surface area contributed by atoms with E-state index >= 15 is 0 Å². The number of ether oxygens (including phenoxy) is 1. The fraction of sp³-hybridized carbons (Fsp3) is 0.750. The predicted molar refractivity (Wildman–Crippen MR) is 41.8 cm³/mol. The molecule has 0 aromatic heterocycles. The monoisotopic (exact) mass is 141 g/mol. The van der Waals surface area contributed by atoms with Crippen LogP contribution in [0, 0.1) is 0 Å². The Hall–Kier alpha value is -0.500. The minimum atomic E-state index is 0.472. The molecule has 1 rings (SSSR count). The standard InChI is InChI=1S/C8H15NO/c1-7(9-2)8-4-3-5-10-6-8/h6-7,9H,3-5H2,1-2H3. The number of likely N-dealkylation sites (N-methyl/N-ethyl adjacent to an activating group) is 1. The Bertz CT molecular complexity index is 131. The molecular weight excluding hydrogens is 126 g/mol. The van der Waals surface area contributed by atoms with E-state index in [2.05, 4.69) is 12.2 Å². The van der Waals surface area contributed by atoms with Gasteiger partial charge in [0.25, 0.3) is 0 Å². The third kappa shape index (κ3) is 1.74. The summed E-state index contributed by atoms with van der Waals surface area (Å²) in [5.74, 6) is 0. The van der Waals surface area contributed by atoms with E-state index in [1.807, 2.05) is 13.3 Å². The second-order valence-corrected chi connectivity index (χ2v) is 2.68. The topological polar surface area (TPSA) is 21.3 Å². The zero-order valence-electron chi connectivity index (χ0n) is 6.68. The molecule has 0 aliphatic carbocycles.